The maximum Gasteiger partial charge on any atom is 0.306 e. The van der Waals surface area contributed by atoms with Crippen molar-refractivity contribution in [3.05, 3.63) is 12.2 Å². The van der Waals surface area contributed by atoms with E-state index in [0.717, 1.165) is 19.3 Å². The maximum atomic E-state index is 12.3. The maximum absolute atomic E-state index is 12.3. The molecule has 0 aliphatic carbocycles. The molecule has 0 rings (SSSR count). The van der Waals surface area contributed by atoms with Gasteiger partial charge in [-0.3, -0.25) is 4.79 Å². The zero-order valence-corrected chi connectivity index (χ0v) is 38.4. The Hall–Kier alpha value is -0.870. The number of unbranched alkanes of at least 4 members (excludes halogenated alkanes) is 39. The predicted octanol–water partition coefficient (Wildman–Crippen LogP) is 17.3. The van der Waals surface area contributed by atoms with Crippen LogP contribution >= 0.6 is 0 Å². The molecule has 0 heterocycles. The second kappa shape index (κ2) is 50.3. The fourth-order valence-corrected chi connectivity index (χ4v) is 7.97. The molecule has 0 aromatic rings. The number of carbonyl (C=O) groups is 1. The molecule has 1 N–H and O–H groups in total. The van der Waals surface area contributed by atoms with Crippen LogP contribution in [0.4, 0.5) is 0 Å². The minimum atomic E-state index is -0.530. The Morgan fingerprint density at radius 2 is 0.696 bits per heavy atom. The molecule has 0 amide bonds. The molecule has 334 valence electrons. The van der Waals surface area contributed by atoms with Gasteiger partial charge in [0, 0.05) is 13.0 Å². The summed E-state index contributed by atoms with van der Waals surface area (Å²) in [5, 5.41) is 9.65. The van der Waals surface area contributed by atoms with Crippen LogP contribution in [0, 0.1) is 0 Å². The number of carbonyl (C=O) groups excluding carboxylic acids is 1. The van der Waals surface area contributed by atoms with Crippen LogP contribution in [0.2, 0.25) is 0 Å². The largest absolute Gasteiger partial charge is 0.457 e. The molecule has 0 bridgehead atoms. The van der Waals surface area contributed by atoms with Crippen LogP contribution in [0.25, 0.3) is 0 Å². The Kier molecular flexibility index (Phi) is 49.5. The lowest BCUT2D eigenvalue weighted by atomic mass is 10.0. The molecule has 1 unspecified atom stereocenters. The van der Waals surface area contributed by atoms with Crippen LogP contribution in [-0.2, 0) is 14.3 Å². The van der Waals surface area contributed by atoms with Crippen molar-refractivity contribution in [2.24, 2.45) is 0 Å². The number of aliphatic hydroxyl groups is 1. The predicted molar refractivity (Wildman–Crippen MR) is 247 cm³/mol. The van der Waals surface area contributed by atoms with Crippen molar-refractivity contribution in [2.75, 3.05) is 19.8 Å². The van der Waals surface area contributed by atoms with Gasteiger partial charge >= 0.3 is 5.97 Å². The van der Waals surface area contributed by atoms with Gasteiger partial charge in [0.2, 0.25) is 0 Å². The van der Waals surface area contributed by atoms with Crippen LogP contribution in [0.5, 0.6) is 0 Å². The molecule has 0 fully saturated rings. The lowest BCUT2D eigenvalue weighted by Crippen LogP contribution is -2.27. The number of allylic oxidation sites excluding steroid dienone is 2. The monoisotopic (exact) mass is 791 g/mol. The number of hydrogen-bond acceptors (Lipinski definition) is 4. The molecule has 4 heteroatoms. The zero-order chi connectivity index (χ0) is 40.5. The van der Waals surface area contributed by atoms with E-state index in [4.69, 9.17) is 9.47 Å². The lowest BCUT2D eigenvalue weighted by molar-refractivity contribution is -0.154. The Labute approximate surface area is 352 Å². The normalized spacial score (nSPS) is 12.3. The summed E-state index contributed by atoms with van der Waals surface area (Å²) in [4.78, 5) is 12.3. The fraction of sp³-hybridized carbons (Fsp3) is 0.942. The number of esters is 1. The average Bonchev–Trinajstić information content (AvgIpc) is 3.20. The minimum Gasteiger partial charge on any atom is -0.457 e. The third-order valence-corrected chi connectivity index (χ3v) is 11.8. The van der Waals surface area contributed by atoms with Crippen molar-refractivity contribution in [2.45, 2.75) is 296 Å². The van der Waals surface area contributed by atoms with Crippen LogP contribution < -0.4 is 0 Å². The first-order valence-corrected chi connectivity index (χ1v) is 25.8. The molecule has 1 atom stereocenters. The van der Waals surface area contributed by atoms with Gasteiger partial charge in [-0.25, -0.2) is 0 Å². The van der Waals surface area contributed by atoms with Crippen LogP contribution in [-0.4, -0.2) is 37.0 Å². The summed E-state index contributed by atoms with van der Waals surface area (Å²) in [6.45, 7) is 5.40. The first-order valence-electron chi connectivity index (χ1n) is 25.8. The SMILES string of the molecule is CCCCCCCCCC/C=C\CCCCCCCCCCCCOCC(CO)OC(=O)CCCCCCCCCCCCCCCCCCCCCCCC. The number of hydrogen-bond donors (Lipinski definition) is 1. The topological polar surface area (TPSA) is 55.8 Å². The summed E-state index contributed by atoms with van der Waals surface area (Å²) >= 11 is 0. The van der Waals surface area contributed by atoms with E-state index < -0.39 is 6.10 Å². The van der Waals surface area contributed by atoms with Crippen molar-refractivity contribution < 1.29 is 19.4 Å². The van der Waals surface area contributed by atoms with Gasteiger partial charge in [-0.2, -0.15) is 0 Å². The quantitative estimate of drug-likeness (QED) is 0.0379. The molecular weight excluding hydrogens is 689 g/mol. The molecule has 0 saturated heterocycles. The van der Waals surface area contributed by atoms with E-state index in [1.54, 1.807) is 0 Å². The minimum absolute atomic E-state index is 0.166. The van der Waals surface area contributed by atoms with Crippen molar-refractivity contribution >= 4 is 5.97 Å². The second-order valence-corrected chi connectivity index (χ2v) is 17.6. The van der Waals surface area contributed by atoms with Gasteiger partial charge in [0.15, 0.2) is 0 Å². The van der Waals surface area contributed by atoms with E-state index in [1.807, 2.05) is 0 Å². The van der Waals surface area contributed by atoms with Gasteiger partial charge in [-0.05, 0) is 38.5 Å². The van der Waals surface area contributed by atoms with Gasteiger partial charge in [-0.15, -0.1) is 0 Å². The second-order valence-electron chi connectivity index (χ2n) is 17.6. The lowest BCUT2D eigenvalue weighted by Gasteiger charge is -2.16. The van der Waals surface area contributed by atoms with Crippen molar-refractivity contribution in [3.63, 3.8) is 0 Å². The number of aliphatic hydroxyl groups excluding tert-OH is 1. The van der Waals surface area contributed by atoms with E-state index in [-0.39, 0.29) is 12.6 Å². The Morgan fingerprint density at radius 1 is 0.411 bits per heavy atom. The average molecular weight is 791 g/mol. The smallest absolute Gasteiger partial charge is 0.306 e. The molecule has 0 aliphatic heterocycles. The molecule has 0 aliphatic rings. The Bertz CT molecular complexity index is 751. The highest BCUT2D eigenvalue weighted by Crippen LogP contribution is 2.17. The van der Waals surface area contributed by atoms with Crippen LogP contribution in [0.3, 0.4) is 0 Å². The molecule has 0 spiro atoms. The van der Waals surface area contributed by atoms with Crippen molar-refractivity contribution in [1.29, 1.82) is 0 Å². The summed E-state index contributed by atoms with van der Waals surface area (Å²) in [6.07, 6.45) is 61.6. The van der Waals surface area contributed by atoms with Gasteiger partial charge < -0.3 is 14.6 Å². The first-order chi connectivity index (χ1) is 27.7. The molecule has 0 radical (unpaired) electrons. The summed E-state index contributed by atoms with van der Waals surface area (Å²) in [7, 11) is 0. The zero-order valence-electron chi connectivity index (χ0n) is 38.4. The van der Waals surface area contributed by atoms with E-state index in [9.17, 15) is 9.90 Å². The molecule has 0 aromatic heterocycles. The van der Waals surface area contributed by atoms with E-state index in [2.05, 4.69) is 26.0 Å². The first kappa shape index (κ1) is 55.1. The summed E-state index contributed by atoms with van der Waals surface area (Å²) in [5.41, 5.74) is 0. The van der Waals surface area contributed by atoms with Crippen molar-refractivity contribution in [3.8, 4) is 0 Å². The third kappa shape index (κ3) is 47.5. The van der Waals surface area contributed by atoms with E-state index in [0.29, 0.717) is 19.6 Å². The fourth-order valence-electron chi connectivity index (χ4n) is 7.97. The van der Waals surface area contributed by atoms with E-state index >= 15 is 0 Å². The standard InChI is InChI=1S/C52H102O4/c1-3-5-7-9-11-13-15-17-19-21-23-25-27-29-31-33-35-37-39-41-43-45-47-52(54)56-51(49-53)50-55-48-46-44-42-40-38-36-34-32-30-28-26-24-22-20-18-16-14-12-10-8-6-4-2/h22,24,51,53H,3-21,23,25-50H2,1-2H3/b24-22-. The highest BCUT2D eigenvalue weighted by molar-refractivity contribution is 5.69. The third-order valence-electron chi connectivity index (χ3n) is 11.8. The van der Waals surface area contributed by atoms with E-state index in [1.165, 1.54) is 250 Å². The van der Waals surface area contributed by atoms with Gasteiger partial charge in [-0.1, -0.05) is 257 Å². The van der Waals surface area contributed by atoms with Gasteiger partial charge in [0.05, 0.1) is 13.2 Å². The summed E-state index contributed by atoms with van der Waals surface area (Å²) < 4.78 is 11.2. The van der Waals surface area contributed by atoms with Crippen molar-refractivity contribution in [1.82, 2.24) is 0 Å². The van der Waals surface area contributed by atoms with Crippen LogP contribution in [0.15, 0.2) is 12.2 Å². The summed E-state index contributed by atoms with van der Waals surface area (Å²) in [5.74, 6) is -0.193. The number of rotatable bonds is 49. The molecule has 56 heavy (non-hydrogen) atoms. The molecule has 0 saturated carbocycles. The summed E-state index contributed by atoms with van der Waals surface area (Å²) in [6, 6.07) is 0. The molecular formula is C52H102O4. The van der Waals surface area contributed by atoms with Gasteiger partial charge in [0.1, 0.15) is 6.10 Å². The van der Waals surface area contributed by atoms with Crippen LogP contribution in [0.1, 0.15) is 290 Å². The highest BCUT2D eigenvalue weighted by atomic mass is 16.6. The Morgan fingerprint density at radius 3 is 1.02 bits per heavy atom. The molecule has 0 aromatic carbocycles. The molecule has 4 nitrogen and oxygen atoms in total. The highest BCUT2D eigenvalue weighted by Gasteiger charge is 2.13. The number of ether oxygens (including phenoxy) is 2. The Balaban J connectivity index is 3.35. The van der Waals surface area contributed by atoms with Gasteiger partial charge in [0.25, 0.3) is 0 Å².